The number of rotatable bonds is 6. The van der Waals surface area contributed by atoms with Crippen LogP contribution in [0.25, 0.3) is 0 Å². The number of nitrogens with one attached hydrogen (secondary N) is 1. The van der Waals surface area contributed by atoms with Crippen molar-refractivity contribution in [1.82, 2.24) is 5.32 Å². The summed E-state index contributed by atoms with van der Waals surface area (Å²) in [5.41, 5.74) is 5.34. The van der Waals surface area contributed by atoms with Gasteiger partial charge in [0, 0.05) is 6.04 Å². The number of alkyl halides is 1. The van der Waals surface area contributed by atoms with Gasteiger partial charge in [-0.1, -0.05) is 42.1 Å². The number of hydrogen-bond donors (Lipinski definition) is 2. The second-order valence-electron chi connectivity index (χ2n) is 3.31. The summed E-state index contributed by atoms with van der Waals surface area (Å²) >= 11 is 3.02. The quantitative estimate of drug-likeness (QED) is 0.429. The van der Waals surface area contributed by atoms with Crippen molar-refractivity contribution in [2.24, 2.45) is 5.73 Å². The summed E-state index contributed by atoms with van der Waals surface area (Å²) < 4.78 is 0. The smallest absolute Gasteiger partial charge is 0.248 e. The number of nitrogens with two attached hydrogens (primary N) is 1. The first-order chi connectivity index (χ1) is 6.07. The average molecular weight is 251 g/mol. The third kappa shape index (κ3) is 7.02. The summed E-state index contributed by atoms with van der Waals surface area (Å²) in [6, 6.07) is 0.225. The van der Waals surface area contributed by atoms with E-state index in [4.69, 9.17) is 5.73 Å². The zero-order valence-corrected chi connectivity index (χ0v) is 9.93. The molecule has 0 rings (SSSR count). The normalized spacial score (nSPS) is 15.1. The van der Waals surface area contributed by atoms with E-state index in [0.717, 1.165) is 12.8 Å². The maximum atomic E-state index is 11.1. The Morgan fingerprint density at radius 3 is 2.62 bits per heavy atom. The number of carbonyl (C=O) groups is 1. The summed E-state index contributed by atoms with van der Waals surface area (Å²) in [6.07, 6.45) is 4.62. The molecule has 0 saturated heterocycles. The van der Waals surface area contributed by atoms with Gasteiger partial charge in [0.15, 0.2) is 0 Å². The van der Waals surface area contributed by atoms with E-state index in [1.54, 1.807) is 0 Å². The summed E-state index contributed by atoms with van der Waals surface area (Å²) in [4.78, 5) is 10.5. The lowest BCUT2D eigenvalue weighted by Crippen LogP contribution is -2.41. The first kappa shape index (κ1) is 12.9. The number of halogens is 1. The van der Waals surface area contributed by atoms with Crippen molar-refractivity contribution < 1.29 is 4.79 Å². The van der Waals surface area contributed by atoms with E-state index in [9.17, 15) is 4.79 Å². The maximum Gasteiger partial charge on any atom is 0.248 e. The minimum atomic E-state index is -0.582. The second-order valence-corrected chi connectivity index (χ2v) is 4.29. The summed E-state index contributed by atoms with van der Waals surface area (Å²) in [5, 5.41) is 2.83. The van der Waals surface area contributed by atoms with Gasteiger partial charge in [-0.2, -0.15) is 0 Å². The van der Waals surface area contributed by atoms with Crippen LogP contribution in [0.5, 0.6) is 0 Å². The van der Waals surface area contributed by atoms with Gasteiger partial charge in [0.25, 0.3) is 0 Å². The molecule has 0 aliphatic carbocycles. The fourth-order valence-corrected chi connectivity index (χ4v) is 1.23. The minimum absolute atomic E-state index is 0.135. The van der Waals surface area contributed by atoms with E-state index in [0.29, 0.717) is 0 Å². The number of amides is 1. The van der Waals surface area contributed by atoms with E-state index in [1.165, 1.54) is 12.8 Å². The fourth-order valence-electron chi connectivity index (χ4n) is 1.10. The number of unbranched alkanes of at least 4 members (excludes halogenated alkanes) is 2. The number of hydrogen-bond acceptors (Lipinski definition) is 2. The van der Waals surface area contributed by atoms with E-state index in [1.807, 2.05) is 6.92 Å². The molecule has 1 amide bonds. The first-order valence-electron chi connectivity index (χ1n) is 4.78. The Bertz CT molecular complexity index is 151. The van der Waals surface area contributed by atoms with Crippen LogP contribution in [0, 0.1) is 0 Å². The highest BCUT2D eigenvalue weighted by molar-refractivity contribution is 9.09. The molecular weight excluding hydrogens is 232 g/mol. The topological polar surface area (TPSA) is 55.1 Å². The van der Waals surface area contributed by atoms with Crippen molar-refractivity contribution in [2.45, 2.75) is 50.5 Å². The zero-order valence-electron chi connectivity index (χ0n) is 8.35. The maximum absolute atomic E-state index is 11.1. The van der Waals surface area contributed by atoms with Crippen LogP contribution in [-0.4, -0.2) is 16.9 Å². The van der Waals surface area contributed by atoms with Gasteiger partial charge < -0.3 is 11.1 Å². The van der Waals surface area contributed by atoms with Crippen LogP contribution >= 0.6 is 15.9 Å². The van der Waals surface area contributed by atoms with Crippen LogP contribution in [0.15, 0.2) is 0 Å². The standard InChI is InChI=1S/C9H19BrN2O/c1-3-4-5-6-7(2)12-9(13)8(10)11/h7-8H,3-6,11H2,1-2H3,(H,12,13). The molecule has 0 saturated carbocycles. The Hall–Kier alpha value is -0.0900. The van der Waals surface area contributed by atoms with Gasteiger partial charge in [-0.25, -0.2) is 0 Å². The lowest BCUT2D eigenvalue weighted by atomic mass is 10.1. The predicted molar refractivity (Wildman–Crippen MR) is 58.6 cm³/mol. The summed E-state index contributed by atoms with van der Waals surface area (Å²) in [7, 11) is 0. The molecule has 0 heterocycles. The van der Waals surface area contributed by atoms with E-state index >= 15 is 0 Å². The molecule has 0 fully saturated rings. The molecule has 13 heavy (non-hydrogen) atoms. The first-order valence-corrected chi connectivity index (χ1v) is 5.69. The van der Waals surface area contributed by atoms with Gasteiger partial charge >= 0.3 is 0 Å². The molecular formula is C9H19BrN2O. The fraction of sp³-hybridized carbons (Fsp3) is 0.889. The molecule has 0 aromatic heterocycles. The van der Waals surface area contributed by atoms with Gasteiger partial charge in [0.05, 0.1) is 0 Å². The van der Waals surface area contributed by atoms with Crippen molar-refractivity contribution in [3.05, 3.63) is 0 Å². The Morgan fingerprint density at radius 2 is 2.15 bits per heavy atom. The van der Waals surface area contributed by atoms with Crippen LogP contribution < -0.4 is 11.1 Å². The van der Waals surface area contributed by atoms with Crippen LogP contribution in [-0.2, 0) is 4.79 Å². The van der Waals surface area contributed by atoms with Crippen LogP contribution in [0.4, 0.5) is 0 Å². The molecule has 2 atom stereocenters. The Balaban J connectivity index is 3.50. The van der Waals surface area contributed by atoms with Crippen molar-refractivity contribution >= 4 is 21.8 Å². The third-order valence-electron chi connectivity index (χ3n) is 1.88. The molecule has 0 bridgehead atoms. The van der Waals surface area contributed by atoms with Crippen LogP contribution in [0.1, 0.15) is 39.5 Å². The van der Waals surface area contributed by atoms with Crippen LogP contribution in [0.2, 0.25) is 0 Å². The average Bonchev–Trinajstić information content (AvgIpc) is 2.04. The molecule has 4 heteroatoms. The van der Waals surface area contributed by atoms with Crippen LogP contribution in [0.3, 0.4) is 0 Å². The van der Waals surface area contributed by atoms with Crippen molar-refractivity contribution in [3.8, 4) is 0 Å². The highest BCUT2D eigenvalue weighted by Gasteiger charge is 2.11. The molecule has 0 radical (unpaired) electrons. The van der Waals surface area contributed by atoms with Crippen molar-refractivity contribution in [2.75, 3.05) is 0 Å². The predicted octanol–water partition coefficient (Wildman–Crippen LogP) is 1.75. The highest BCUT2D eigenvalue weighted by Crippen LogP contribution is 2.03. The second kappa shape index (κ2) is 7.33. The summed E-state index contributed by atoms with van der Waals surface area (Å²) in [6.45, 7) is 4.17. The molecule has 3 nitrogen and oxygen atoms in total. The van der Waals surface area contributed by atoms with E-state index < -0.39 is 4.95 Å². The largest absolute Gasteiger partial charge is 0.352 e. The Labute approximate surface area is 88.6 Å². The minimum Gasteiger partial charge on any atom is -0.352 e. The molecule has 0 aliphatic rings. The van der Waals surface area contributed by atoms with E-state index in [-0.39, 0.29) is 11.9 Å². The van der Waals surface area contributed by atoms with Gasteiger partial charge in [0.2, 0.25) is 5.91 Å². The summed E-state index contributed by atoms with van der Waals surface area (Å²) in [5.74, 6) is -0.135. The molecule has 0 aromatic rings. The molecule has 3 N–H and O–H groups in total. The molecule has 2 unspecified atom stereocenters. The van der Waals surface area contributed by atoms with Gasteiger partial charge in [-0.15, -0.1) is 0 Å². The molecule has 0 spiro atoms. The monoisotopic (exact) mass is 250 g/mol. The van der Waals surface area contributed by atoms with Crippen molar-refractivity contribution in [1.29, 1.82) is 0 Å². The molecule has 0 aromatic carbocycles. The Morgan fingerprint density at radius 1 is 1.54 bits per heavy atom. The SMILES string of the molecule is CCCCCC(C)NC(=O)C(N)Br. The zero-order chi connectivity index (χ0) is 10.3. The van der Waals surface area contributed by atoms with Crippen molar-refractivity contribution in [3.63, 3.8) is 0 Å². The Kier molecular flexibility index (Phi) is 7.28. The van der Waals surface area contributed by atoms with Gasteiger partial charge in [0.1, 0.15) is 4.95 Å². The lowest BCUT2D eigenvalue weighted by molar-refractivity contribution is -0.121. The van der Waals surface area contributed by atoms with E-state index in [2.05, 4.69) is 28.2 Å². The molecule has 0 aliphatic heterocycles. The van der Waals surface area contributed by atoms with Gasteiger partial charge in [-0.3, -0.25) is 4.79 Å². The number of carbonyl (C=O) groups excluding carboxylic acids is 1. The molecule has 78 valence electrons. The van der Waals surface area contributed by atoms with Gasteiger partial charge in [-0.05, 0) is 13.3 Å². The highest BCUT2D eigenvalue weighted by atomic mass is 79.9. The third-order valence-corrected chi connectivity index (χ3v) is 2.30. The lowest BCUT2D eigenvalue weighted by Gasteiger charge is -2.14.